The zero-order valence-corrected chi connectivity index (χ0v) is 12.0. The maximum absolute atomic E-state index is 12.9. The largest absolute Gasteiger partial charge is 0.433 e. The fraction of sp³-hybridized carbons (Fsp3) is 0.667. The summed E-state index contributed by atoms with van der Waals surface area (Å²) in [5.41, 5.74) is -0.893. The van der Waals surface area contributed by atoms with Crippen LogP contribution >= 0.6 is 11.8 Å². The summed E-state index contributed by atoms with van der Waals surface area (Å²) in [6.07, 6.45) is -3.50. The molecule has 1 fully saturated rings. The van der Waals surface area contributed by atoms with Crippen LogP contribution in [0.25, 0.3) is 0 Å². The molecular weight excluding hydrogens is 289 g/mol. The van der Waals surface area contributed by atoms with E-state index < -0.39 is 11.9 Å². The lowest BCUT2D eigenvalue weighted by Gasteiger charge is -2.22. The Labute approximate surface area is 120 Å². The molecule has 4 nitrogen and oxygen atoms in total. The van der Waals surface area contributed by atoms with E-state index in [1.165, 1.54) is 0 Å². The van der Waals surface area contributed by atoms with Crippen molar-refractivity contribution in [2.45, 2.75) is 19.5 Å². The first-order chi connectivity index (χ1) is 9.50. The molecule has 20 heavy (non-hydrogen) atoms. The molecule has 0 bridgehead atoms. The zero-order chi connectivity index (χ0) is 14.6. The average molecular weight is 306 g/mol. The number of aromatic nitrogens is 2. The van der Waals surface area contributed by atoms with E-state index in [2.05, 4.69) is 15.3 Å². The van der Waals surface area contributed by atoms with E-state index in [9.17, 15) is 13.2 Å². The molecule has 2 heterocycles. The Kier molecular flexibility index (Phi) is 4.95. The van der Waals surface area contributed by atoms with Gasteiger partial charge in [0.05, 0.1) is 0 Å². The molecule has 0 aromatic carbocycles. The second kappa shape index (κ2) is 6.51. The summed E-state index contributed by atoms with van der Waals surface area (Å²) in [5, 5.41) is 2.76. The van der Waals surface area contributed by atoms with Crippen LogP contribution in [0.15, 0.2) is 6.07 Å². The minimum atomic E-state index is -4.46. The van der Waals surface area contributed by atoms with Gasteiger partial charge in [-0.25, -0.2) is 4.98 Å². The van der Waals surface area contributed by atoms with Gasteiger partial charge in [-0.15, -0.1) is 0 Å². The monoisotopic (exact) mass is 306 g/mol. The molecule has 1 aliphatic rings. The van der Waals surface area contributed by atoms with Crippen LogP contribution in [0.5, 0.6) is 0 Å². The summed E-state index contributed by atoms with van der Waals surface area (Å²) >= 11 is 1.82. The van der Waals surface area contributed by atoms with Crippen molar-refractivity contribution < 1.29 is 13.2 Å². The minimum absolute atomic E-state index is 0.0363. The van der Waals surface area contributed by atoms with E-state index in [1.807, 2.05) is 16.7 Å². The molecule has 1 aromatic heterocycles. The van der Waals surface area contributed by atoms with E-state index in [4.69, 9.17) is 0 Å². The molecule has 0 atom stereocenters. The van der Waals surface area contributed by atoms with E-state index in [-0.39, 0.29) is 5.95 Å². The van der Waals surface area contributed by atoms with Crippen LogP contribution in [0.3, 0.4) is 0 Å². The summed E-state index contributed by atoms with van der Waals surface area (Å²) in [6, 6.07) is 1.04. The maximum atomic E-state index is 12.9. The van der Waals surface area contributed by atoms with Crippen LogP contribution in [-0.2, 0) is 6.18 Å². The van der Waals surface area contributed by atoms with E-state index in [0.29, 0.717) is 18.9 Å². The molecule has 8 heteroatoms. The number of nitrogens with one attached hydrogen (secondary N) is 1. The molecule has 1 saturated heterocycles. The normalized spacial score (nSPS) is 16.9. The average Bonchev–Trinajstić information content (AvgIpc) is 2.66. The van der Waals surface area contributed by atoms with Gasteiger partial charge in [0.15, 0.2) is 5.69 Å². The number of rotatable bonds is 3. The molecule has 1 aromatic rings. The lowest BCUT2D eigenvalue weighted by molar-refractivity contribution is -0.141. The van der Waals surface area contributed by atoms with Gasteiger partial charge in [-0.1, -0.05) is 0 Å². The number of anilines is 2. The fourth-order valence-corrected chi connectivity index (χ4v) is 2.84. The molecule has 0 saturated carbocycles. The van der Waals surface area contributed by atoms with Crippen LogP contribution in [0.1, 0.15) is 19.0 Å². The number of nitrogens with zero attached hydrogens (tertiary/aromatic N) is 3. The number of hydrogen-bond donors (Lipinski definition) is 1. The third kappa shape index (κ3) is 3.91. The van der Waals surface area contributed by atoms with Crippen LogP contribution < -0.4 is 10.2 Å². The molecule has 0 spiro atoms. The summed E-state index contributed by atoms with van der Waals surface area (Å²) in [6.45, 7) is 3.72. The Morgan fingerprint density at radius 3 is 2.80 bits per heavy atom. The first-order valence-electron chi connectivity index (χ1n) is 6.53. The zero-order valence-electron chi connectivity index (χ0n) is 11.2. The maximum Gasteiger partial charge on any atom is 0.433 e. The van der Waals surface area contributed by atoms with Gasteiger partial charge in [0, 0.05) is 31.5 Å². The van der Waals surface area contributed by atoms with Gasteiger partial charge in [0.1, 0.15) is 5.82 Å². The van der Waals surface area contributed by atoms with Crippen molar-refractivity contribution in [1.29, 1.82) is 0 Å². The van der Waals surface area contributed by atoms with Crippen LogP contribution in [0.2, 0.25) is 0 Å². The number of thioether (sulfide) groups is 1. The molecule has 1 N–H and O–H groups in total. The highest BCUT2D eigenvalue weighted by molar-refractivity contribution is 7.99. The topological polar surface area (TPSA) is 41.1 Å². The predicted molar refractivity (Wildman–Crippen MR) is 75.4 cm³/mol. The second-order valence-corrected chi connectivity index (χ2v) is 5.64. The van der Waals surface area contributed by atoms with Gasteiger partial charge in [0.2, 0.25) is 5.95 Å². The first-order valence-corrected chi connectivity index (χ1v) is 7.69. The first kappa shape index (κ1) is 15.2. The van der Waals surface area contributed by atoms with Gasteiger partial charge in [0.25, 0.3) is 0 Å². The summed E-state index contributed by atoms with van der Waals surface area (Å²) in [7, 11) is 0. The van der Waals surface area contributed by atoms with E-state index >= 15 is 0 Å². The fourth-order valence-electron chi connectivity index (χ4n) is 1.95. The molecule has 0 aliphatic carbocycles. The van der Waals surface area contributed by atoms with Crippen molar-refractivity contribution in [2.75, 3.05) is 41.4 Å². The lowest BCUT2D eigenvalue weighted by atomic mass is 10.3. The highest BCUT2D eigenvalue weighted by atomic mass is 32.2. The number of alkyl halides is 3. The van der Waals surface area contributed by atoms with Crippen molar-refractivity contribution in [2.24, 2.45) is 0 Å². The Bertz CT molecular complexity index is 445. The third-order valence-electron chi connectivity index (χ3n) is 2.88. The molecule has 2 rings (SSSR count). The molecule has 1 aliphatic heterocycles. The summed E-state index contributed by atoms with van der Waals surface area (Å²) < 4.78 is 38.7. The Morgan fingerprint density at radius 1 is 1.30 bits per heavy atom. The molecule has 112 valence electrons. The van der Waals surface area contributed by atoms with Gasteiger partial charge < -0.3 is 10.2 Å². The van der Waals surface area contributed by atoms with Gasteiger partial charge in [-0.05, 0) is 19.1 Å². The van der Waals surface area contributed by atoms with Crippen molar-refractivity contribution >= 4 is 23.5 Å². The van der Waals surface area contributed by atoms with Crippen molar-refractivity contribution in [3.63, 3.8) is 0 Å². The summed E-state index contributed by atoms with van der Waals surface area (Å²) in [4.78, 5) is 9.63. The Hall–Kier alpha value is -1.18. The van der Waals surface area contributed by atoms with E-state index in [1.54, 1.807) is 6.92 Å². The SMILES string of the molecule is CCNc1nc(N2CCCSCC2)cc(C(F)(F)F)n1. The standard InChI is InChI=1S/C12H17F3N4S/c1-2-16-11-17-9(12(13,14)15)8-10(18-11)19-4-3-6-20-7-5-19/h8H,2-7H2,1H3,(H,16,17,18). The highest BCUT2D eigenvalue weighted by Crippen LogP contribution is 2.31. The Morgan fingerprint density at radius 2 is 2.10 bits per heavy atom. The van der Waals surface area contributed by atoms with Crippen molar-refractivity contribution in [3.05, 3.63) is 11.8 Å². The van der Waals surface area contributed by atoms with Crippen molar-refractivity contribution in [3.8, 4) is 0 Å². The molecule has 0 amide bonds. The van der Waals surface area contributed by atoms with Crippen LogP contribution in [-0.4, -0.2) is 41.1 Å². The van der Waals surface area contributed by atoms with Gasteiger partial charge in [-0.3, -0.25) is 0 Å². The molecule has 0 radical (unpaired) electrons. The van der Waals surface area contributed by atoms with Gasteiger partial charge >= 0.3 is 6.18 Å². The minimum Gasteiger partial charge on any atom is -0.356 e. The smallest absolute Gasteiger partial charge is 0.356 e. The Balaban J connectivity index is 2.32. The van der Waals surface area contributed by atoms with Crippen molar-refractivity contribution in [1.82, 2.24) is 9.97 Å². The quantitative estimate of drug-likeness (QED) is 0.930. The number of halogens is 3. The van der Waals surface area contributed by atoms with Crippen LogP contribution in [0, 0.1) is 0 Å². The third-order valence-corrected chi connectivity index (χ3v) is 3.93. The lowest BCUT2D eigenvalue weighted by Crippen LogP contribution is -2.27. The van der Waals surface area contributed by atoms with Crippen LogP contribution in [0.4, 0.5) is 24.9 Å². The second-order valence-electron chi connectivity index (χ2n) is 4.42. The highest BCUT2D eigenvalue weighted by Gasteiger charge is 2.34. The van der Waals surface area contributed by atoms with E-state index in [0.717, 1.165) is 30.5 Å². The summed E-state index contributed by atoms with van der Waals surface area (Å²) in [5.74, 6) is 2.33. The molecule has 0 unspecified atom stereocenters. The predicted octanol–water partition coefficient (Wildman–Crippen LogP) is 2.87. The molecular formula is C12H17F3N4S. The number of hydrogen-bond acceptors (Lipinski definition) is 5. The van der Waals surface area contributed by atoms with Gasteiger partial charge in [-0.2, -0.15) is 29.9 Å².